The van der Waals surface area contributed by atoms with E-state index in [0.717, 1.165) is 12.0 Å². The summed E-state index contributed by atoms with van der Waals surface area (Å²) in [6, 6.07) is 11.3. The van der Waals surface area contributed by atoms with Gasteiger partial charge in [0.25, 0.3) is 5.91 Å². The Morgan fingerprint density at radius 3 is 2.65 bits per heavy atom. The Balaban J connectivity index is 1.66. The molecule has 3 rings (SSSR count). The van der Waals surface area contributed by atoms with E-state index < -0.39 is 0 Å². The van der Waals surface area contributed by atoms with Crippen LogP contribution in [0.2, 0.25) is 0 Å². The van der Waals surface area contributed by atoms with Crippen molar-refractivity contribution in [2.75, 3.05) is 6.54 Å². The first kappa shape index (κ1) is 12.9. The lowest BCUT2D eigenvalue weighted by molar-refractivity contribution is 0.0954. The molecule has 0 atom stereocenters. The number of rotatable bonds is 1. The highest BCUT2D eigenvalue weighted by molar-refractivity contribution is 7.12. The van der Waals surface area contributed by atoms with Gasteiger partial charge in [-0.2, -0.15) is 0 Å². The molecule has 0 fully saturated rings. The number of urea groups is 1. The van der Waals surface area contributed by atoms with Crippen LogP contribution in [0.4, 0.5) is 4.79 Å². The maximum Gasteiger partial charge on any atom is 0.324 e. The summed E-state index contributed by atoms with van der Waals surface area (Å²) >= 11 is 1.33. The van der Waals surface area contributed by atoms with Crippen molar-refractivity contribution in [3.8, 4) is 0 Å². The van der Waals surface area contributed by atoms with Crippen molar-refractivity contribution in [2.45, 2.75) is 13.0 Å². The van der Waals surface area contributed by atoms with Gasteiger partial charge >= 0.3 is 6.03 Å². The first-order valence-electron chi connectivity index (χ1n) is 6.44. The first-order valence-corrected chi connectivity index (χ1v) is 7.32. The highest BCUT2D eigenvalue weighted by Gasteiger charge is 2.22. The molecule has 1 N–H and O–H groups in total. The molecule has 4 nitrogen and oxygen atoms in total. The highest BCUT2D eigenvalue weighted by Crippen LogP contribution is 2.18. The summed E-state index contributed by atoms with van der Waals surface area (Å²) in [5, 5.41) is 4.26. The lowest BCUT2D eigenvalue weighted by Crippen LogP contribution is -2.44. The van der Waals surface area contributed by atoms with Crippen molar-refractivity contribution in [2.24, 2.45) is 0 Å². The SMILES string of the molecule is O=C(NC(=O)N1CCc2ccccc2C1)c1cccs1. The molecule has 0 aliphatic carbocycles. The lowest BCUT2D eigenvalue weighted by Gasteiger charge is -2.28. The van der Waals surface area contributed by atoms with Crippen molar-refractivity contribution >= 4 is 23.3 Å². The first-order chi connectivity index (χ1) is 9.74. The molecule has 0 bridgehead atoms. The molecular weight excluding hydrogens is 272 g/mol. The van der Waals surface area contributed by atoms with Gasteiger partial charge in [-0.25, -0.2) is 4.79 Å². The van der Waals surface area contributed by atoms with E-state index in [0.29, 0.717) is 18.0 Å². The molecule has 1 aliphatic rings. The minimum absolute atomic E-state index is 0.321. The van der Waals surface area contributed by atoms with Crippen molar-refractivity contribution in [1.82, 2.24) is 10.2 Å². The fraction of sp³-hybridized carbons (Fsp3) is 0.200. The average Bonchev–Trinajstić information content (AvgIpc) is 3.01. The van der Waals surface area contributed by atoms with Crippen molar-refractivity contribution in [1.29, 1.82) is 0 Å². The maximum atomic E-state index is 12.1. The number of nitrogens with one attached hydrogen (secondary N) is 1. The third-order valence-corrected chi connectivity index (χ3v) is 4.25. The van der Waals surface area contributed by atoms with E-state index in [1.54, 1.807) is 17.0 Å². The Morgan fingerprint density at radius 1 is 1.10 bits per heavy atom. The number of thiophene rings is 1. The van der Waals surface area contributed by atoms with Gasteiger partial charge in [-0.05, 0) is 29.0 Å². The summed E-state index contributed by atoms with van der Waals surface area (Å²) in [7, 11) is 0. The van der Waals surface area contributed by atoms with Crippen LogP contribution in [-0.2, 0) is 13.0 Å². The van der Waals surface area contributed by atoms with Crippen LogP contribution in [0.3, 0.4) is 0 Å². The molecule has 2 aromatic rings. The molecule has 0 unspecified atom stereocenters. The third kappa shape index (κ3) is 2.58. The summed E-state index contributed by atoms with van der Waals surface area (Å²) in [4.78, 5) is 26.2. The number of imide groups is 1. The number of fused-ring (bicyclic) bond motifs is 1. The number of amides is 3. The van der Waals surface area contributed by atoms with Crippen LogP contribution >= 0.6 is 11.3 Å². The zero-order valence-electron chi connectivity index (χ0n) is 10.8. The van der Waals surface area contributed by atoms with Crippen LogP contribution in [0.25, 0.3) is 0 Å². The van der Waals surface area contributed by atoms with Crippen LogP contribution < -0.4 is 5.32 Å². The fourth-order valence-corrected chi connectivity index (χ4v) is 2.93. The highest BCUT2D eigenvalue weighted by atomic mass is 32.1. The van der Waals surface area contributed by atoms with E-state index in [9.17, 15) is 9.59 Å². The van der Waals surface area contributed by atoms with Gasteiger partial charge < -0.3 is 4.90 Å². The molecule has 2 heterocycles. The van der Waals surface area contributed by atoms with E-state index in [4.69, 9.17) is 0 Å². The predicted octanol–water partition coefficient (Wildman–Crippen LogP) is 2.66. The molecular formula is C15H14N2O2S. The standard InChI is InChI=1S/C15H14N2O2S/c18-14(13-6-3-9-20-13)16-15(19)17-8-7-11-4-1-2-5-12(11)10-17/h1-6,9H,7-8,10H2,(H,16,18,19). The predicted molar refractivity (Wildman–Crippen MR) is 77.7 cm³/mol. The van der Waals surface area contributed by atoms with E-state index in [-0.39, 0.29) is 11.9 Å². The molecule has 0 spiro atoms. The van der Waals surface area contributed by atoms with Crippen LogP contribution in [0.5, 0.6) is 0 Å². The fourth-order valence-electron chi connectivity index (χ4n) is 2.31. The van der Waals surface area contributed by atoms with Crippen LogP contribution in [0.15, 0.2) is 41.8 Å². The Kier molecular flexibility index (Phi) is 3.52. The van der Waals surface area contributed by atoms with Crippen molar-refractivity contribution in [3.63, 3.8) is 0 Å². The molecule has 102 valence electrons. The lowest BCUT2D eigenvalue weighted by atomic mass is 10.0. The molecule has 0 radical (unpaired) electrons. The summed E-state index contributed by atoms with van der Waals surface area (Å²) in [5.74, 6) is -0.330. The number of hydrogen-bond donors (Lipinski definition) is 1. The zero-order chi connectivity index (χ0) is 13.9. The maximum absolute atomic E-state index is 12.1. The molecule has 0 saturated carbocycles. The quantitative estimate of drug-likeness (QED) is 0.876. The van der Waals surface area contributed by atoms with E-state index in [1.807, 2.05) is 23.6 Å². The van der Waals surface area contributed by atoms with Gasteiger partial charge in [-0.15, -0.1) is 11.3 Å². The van der Waals surface area contributed by atoms with Gasteiger partial charge in [0.1, 0.15) is 0 Å². The van der Waals surface area contributed by atoms with Gasteiger partial charge in [0.05, 0.1) is 4.88 Å². The summed E-state index contributed by atoms with van der Waals surface area (Å²) in [6.07, 6.45) is 0.830. The number of nitrogens with zero attached hydrogens (tertiary/aromatic N) is 1. The number of carbonyl (C=O) groups excluding carboxylic acids is 2. The van der Waals surface area contributed by atoms with Gasteiger partial charge in [0.15, 0.2) is 0 Å². The van der Waals surface area contributed by atoms with Crippen molar-refractivity contribution < 1.29 is 9.59 Å². The van der Waals surface area contributed by atoms with Crippen molar-refractivity contribution in [3.05, 3.63) is 57.8 Å². The summed E-state index contributed by atoms with van der Waals surface area (Å²) < 4.78 is 0. The molecule has 20 heavy (non-hydrogen) atoms. The molecule has 3 amide bonds. The molecule has 1 aromatic carbocycles. The number of carbonyl (C=O) groups is 2. The molecule has 1 aromatic heterocycles. The van der Waals surface area contributed by atoms with Crippen LogP contribution in [0.1, 0.15) is 20.8 Å². The second-order valence-corrected chi connectivity index (χ2v) is 5.62. The number of hydrogen-bond acceptors (Lipinski definition) is 3. The number of benzene rings is 1. The Morgan fingerprint density at radius 2 is 1.90 bits per heavy atom. The summed E-state index contributed by atoms with van der Waals surface area (Å²) in [6.45, 7) is 1.19. The molecule has 1 aliphatic heterocycles. The Hall–Kier alpha value is -2.14. The topological polar surface area (TPSA) is 49.4 Å². The van der Waals surface area contributed by atoms with E-state index in [2.05, 4.69) is 11.4 Å². The van der Waals surface area contributed by atoms with E-state index in [1.165, 1.54) is 16.9 Å². The zero-order valence-corrected chi connectivity index (χ0v) is 11.7. The molecule has 5 heteroatoms. The molecule has 0 saturated heterocycles. The van der Waals surface area contributed by atoms with Crippen LogP contribution in [0, 0.1) is 0 Å². The second-order valence-electron chi connectivity index (χ2n) is 4.68. The normalized spacial score (nSPS) is 13.7. The van der Waals surface area contributed by atoms with Gasteiger partial charge in [-0.3, -0.25) is 10.1 Å². The monoisotopic (exact) mass is 286 g/mol. The summed E-state index contributed by atoms with van der Waals surface area (Å²) in [5.41, 5.74) is 2.43. The minimum Gasteiger partial charge on any atom is -0.320 e. The third-order valence-electron chi connectivity index (χ3n) is 3.38. The van der Waals surface area contributed by atoms with Gasteiger partial charge in [0.2, 0.25) is 0 Å². The van der Waals surface area contributed by atoms with Crippen LogP contribution in [-0.4, -0.2) is 23.4 Å². The second kappa shape index (κ2) is 5.46. The Bertz CT molecular complexity index is 637. The smallest absolute Gasteiger partial charge is 0.320 e. The van der Waals surface area contributed by atoms with E-state index >= 15 is 0 Å². The average molecular weight is 286 g/mol. The Labute approximate surface area is 121 Å². The minimum atomic E-state index is -0.330. The largest absolute Gasteiger partial charge is 0.324 e. The van der Waals surface area contributed by atoms with Gasteiger partial charge in [-0.1, -0.05) is 30.3 Å². The van der Waals surface area contributed by atoms with Gasteiger partial charge in [0, 0.05) is 13.1 Å².